The normalized spacial score (nSPS) is 18.6. The quantitative estimate of drug-likeness (QED) is 0.307. The first kappa shape index (κ1) is 29.4. The maximum absolute atomic E-state index is 12.4. The smallest absolute Gasteiger partial charge is 0.235 e. The molecule has 0 aromatic heterocycles. The molecule has 220 valence electrons. The van der Waals surface area contributed by atoms with Gasteiger partial charge < -0.3 is 15.2 Å². The van der Waals surface area contributed by atoms with Gasteiger partial charge in [-0.25, -0.2) is 16.8 Å². The van der Waals surface area contributed by atoms with Crippen molar-refractivity contribution < 1.29 is 26.7 Å². The van der Waals surface area contributed by atoms with Crippen LogP contribution in [-0.4, -0.2) is 72.3 Å². The highest BCUT2D eigenvalue weighted by Crippen LogP contribution is 2.33. The molecule has 2 fully saturated rings. The van der Waals surface area contributed by atoms with Crippen LogP contribution < -0.4 is 18.7 Å². The Hall–Kier alpha value is -3.12. The lowest BCUT2D eigenvalue weighted by atomic mass is 9.88. The summed E-state index contributed by atoms with van der Waals surface area (Å²) in [5.41, 5.74) is 3.39. The van der Waals surface area contributed by atoms with E-state index in [1.165, 1.54) is 8.61 Å². The number of hydrogen-bond donors (Lipinski definition) is 2. The highest BCUT2D eigenvalue weighted by atomic mass is 32.2. The molecule has 0 amide bonds. The van der Waals surface area contributed by atoms with E-state index in [1.807, 2.05) is 78.9 Å². The van der Waals surface area contributed by atoms with Gasteiger partial charge in [0.05, 0.1) is 22.9 Å². The lowest BCUT2D eigenvalue weighted by Crippen LogP contribution is -2.32. The van der Waals surface area contributed by atoms with Gasteiger partial charge in [0.1, 0.15) is 18.5 Å². The molecule has 2 aliphatic heterocycles. The van der Waals surface area contributed by atoms with Crippen LogP contribution in [0.2, 0.25) is 0 Å². The fourth-order valence-corrected chi connectivity index (χ4v) is 8.54. The van der Waals surface area contributed by atoms with E-state index in [2.05, 4.69) is 5.32 Å². The topological polar surface area (TPSA) is 116 Å². The number of rotatable bonds is 12. The summed E-state index contributed by atoms with van der Waals surface area (Å²) in [7, 11) is -6.52. The van der Waals surface area contributed by atoms with Crippen LogP contribution in [0.4, 0.5) is 11.4 Å². The average molecular weight is 600 g/mol. The Balaban J connectivity index is 1.27. The van der Waals surface area contributed by atoms with Crippen molar-refractivity contribution in [3.05, 3.63) is 90.0 Å². The zero-order chi connectivity index (χ0) is 28.9. The van der Waals surface area contributed by atoms with Gasteiger partial charge in [0.15, 0.2) is 0 Å². The zero-order valence-electron chi connectivity index (χ0n) is 22.9. The lowest BCUT2D eigenvalue weighted by molar-refractivity contribution is 0.106. The average Bonchev–Trinajstić information content (AvgIpc) is 3.52. The molecular formula is C30H37N3O6S2. The third kappa shape index (κ3) is 7.21. The fraction of sp³-hybridized carbons (Fsp3) is 0.400. The van der Waals surface area contributed by atoms with Gasteiger partial charge in [-0.05, 0) is 73.3 Å². The molecule has 3 aromatic carbocycles. The number of nitrogens with one attached hydrogen (secondary N) is 1. The monoisotopic (exact) mass is 599 g/mol. The molecule has 2 saturated heterocycles. The number of hydrogen-bond acceptors (Lipinski definition) is 7. The van der Waals surface area contributed by atoms with Crippen LogP contribution in [0.5, 0.6) is 5.75 Å². The van der Waals surface area contributed by atoms with E-state index in [9.17, 15) is 21.9 Å². The summed E-state index contributed by atoms with van der Waals surface area (Å²) in [6, 6.07) is 24.7. The van der Waals surface area contributed by atoms with E-state index in [0.717, 1.165) is 17.5 Å². The second-order valence-electron chi connectivity index (χ2n) is 10.5. The second-order valence-corrected chi connectivity index (χ2v) is 14.5. The predicted octanol–water partition coefficient (Wildman–Crippen LogP) is 3.32. The minimum Gasteiger partial charge on any atom is -0.491 e. The summed E-state index contributed by atoms with van der Waals surface area (Å²) in [5.74, 6) is 1.03. The molecule has 0 aliphatic carbocycles. The Labute approximate surface area is 242 Å². The first-order valence-electron chi connectivity index (χ1n) is 14.0. The summed E-state index contributed by atoms with van der Waals surface area (Å²) in [6.45, 7) is 2.16. The Kier molecular flexibility index (Phi) is 9.18. The summed E-state index contributed by atoms with van der Waals surface area (Å²) in [5, 5.41) is 13.7. The number of ether oxygens (including phenoxy) is 1. The van der Waals surface area contributed by atoms with Crippen LogP contribution in [0.1, 0.15) is 36.3 Å². The molecule has 0 saturated carbocycles. The Morgan fingerprint density at radius 2 is 1.27 bits per heavy atom. The lowest BCUT2D eigenvalue weighted by Gasteiger charge is -2.23. The van der Waals surface area contributed by atoms with Crippen molar-refractivity contribution in [3.8, 4) is 5.75 Å². The SMILES string of the molecule is O=S1(=O)CCCN1c1ccc(C(CCNC[C@H](O)COc2ccccc2)c2ccc(N3CCCS3(=O)=O)cc2)cc1. The van der Waals surface area contributed by atoms with E-state index in [-0.39, 0.29) is 24.0 Å². The van der Waals surface area contributed by atoms with E-state index in [4.69, 9.17) is 4.74 Å². The third-order valence-corrected chi connectivity index (χ3v) is 11.3. The summed E-state index contributed by atoms with van der Waals surface area (Å²) in [4.78, 5) is 0. The summed E-state index contributed by atoms with van der Waals surface area (Å²) < 4.78 is 58.1. The van der Waals surface area contributed by atoms with Gasteiger partial charge in [0.2, 0.25) is 20.0 Å². The first-order chi connectivity index (χ1) is 19.7. The van der Waals surface area contributed by atoms with Crippen LogP contribution >= 0.6 is 0 Å². The van der Waals surface area contributed by atoms with Crippen molar-refractivity contribution in [2.45, 2.75) is 31.3 Å². The highest BCUT2D eigenvalue weighted by molar-refractivity contribution is 7.93. The summed E-state index contributed by atoms with van der Waals surface area (Å²) in [6.07, 6.45) is 1.30. The maximum atomic E-state index is 12.4. The number of aliphatic hydroxyl groups is 1. The van der Waals surface area contributed by atoms with Crippen molar-refractivity contribution in [1.82, 2.24) is 5.32 Å². The zero-order valence-corrected chi connectivity index (χ0v) is 24.6. The third-order valence-electron chi connectivity index (χ3n) is 7.54. The van der Waals surface area contributed by atoms with Crippen LogP contribution in [0.15, 0.2) is 78.9 Å². The molecule has 1 atom stereocenters. The summed E-state index contributed by atoms with van der Waals surface area (Å²) >= 11 is 0. The predicted molar refractivity (Wildman–Crippen MR) is 162 cm³/mol. The minimum atomic E-state index is -3.26. The molecule has 5 rings (SSSR count). The van der Waals surface area contributed by atoms with Crippen molar-refractivity contribution in [2.24, 2.45) is 0 Å². The van der Waals surface area contributed by atoms with Crippen molar-refractivity contribution in [1.29, 1.82) is 0 Å². The van der Waals surface area contributed by atoms with Gasteiger partial charge in [-0.1, -0.05) is 42.5 Å². The fourth-order valence-electron chi connectivity index (χ4n) is 5.41. The Morgan fingerprint density at radius 1 is 0.756 bits per heavy atom. The van der Waals surface area contributed by atoms with Gasteiger partial charge in [-0.3, -0.25) is 8.61 Å². The molecule has 2 aliphatic rings. The molecule has 2 N–H and O–H groups in total. The molecule has 9 nitrogen and oxygen atoms in total. The van der Waals surface area contributed by atoms with E-state index in [1.54, 1.807) is 0 Å². The van der Waals surface area contributed by atoms with Crippen molar-refractivity contribution >= 4 is 31.4 Å². The molecule has 0 bridgehead atoms. The van der Waals surface area contributed by atoms with Gasteiger partial charge in [0.25, 0.3) is 0 Å². The van der Waals surface area contributed by atoms with Gasteiger partial charge in [-0.15, -0.1) is 0 Å². The Bertz CT molecular complexity index is 1410. The molecule has 0 unspecified atom stereocenters. The first-order valence-corrected chi connectivity index (χ1v) is 17.2. The second kappa shape index (κ2) is 12.8. The van der Waals surface area contributed by atoms with Crippen LogP contribution in [-0.2, 0) is 20.0 Å². The van der Waals surface area contributed by atoms with Gasteiger partial charge >= 0.3 is 0 Å². The van der Waals surface area contributed by atoms with Crippen molar-refractivity contribution in [3.63, 3.8) is 0 Å². The largest absolute Gasteiger partial charge is 0.491 e. The molecule has 2 heterocycles. The number of anilines is 2. The number of benzene rings is 3. The molecule has 3 aromatic rings. The number of sulfonamides is 2. The van der Waals surface area contributed by atoms with Crippen LogP contribution in [0.3, 0.4) is 0 Å². The van der Waals surface area contributed by atoms with Crippen LogP contribution in [0.25, 0.3) is 0 Å². The molecule has 11 heteroatoms. The molecular weight excluding hydrogens is 562 g/mol. The number of aliphatic hydroxyl groups excluding tert-OH is 1. The molecule has 0 spiro atoms. The standard InChI is InChI=1S/C30H37N3O6S2/c34-28(23-39-29-6-2-1-3-7-29)22-31-17-16-30(24-8-12-26(13-9-24)32-18-4-20-40(32,35)36)25-10-14-27(15-11-25)33-19-5-21-41(33,37)38/h1-3,6-15,28,30-31,34H,4-5,16-23H2/t28-/m0/s1. The minimum absolute atomic E-state index is 0.0197. The van der Waals surface area contributed by atoms with Gasteiger partial charge in [0, 0.05) is 25.6 Å². The van der Waals surface area contributed by atoms with E-state index < -0.39 is 26.2 Å². The van der Waals surface area contributed by atoms with E-state index >= 15 is 0 Å². The number of para-hydroxylation sites is 1. The van der Waals surface area contributed by atoms with E-state index in [0.29, 0.717) is 56.1 Å². The molecule has 41 heavy (non-hydrogen) atoms. The Morgan fingerprint density at radius 3 is 1.73 bits per heavy atom. The number of nitrogens with zero attached hydrogens (tertiary/aromatic N) is 2. The van der Waals surface area contributed by atoms with Crippen molar-refractivity contribution in [2.75, 3.05) is 52.9 Å². The van der Waals surface area contributed by atoms with Crippen LogP contribution in [0, 0.1) is 0 Å². The maximum Gasteiger partial charge on any atom is 0.235 e. The van der Waals surface area contributed by atoms with Gasteiger partial charge in [-0.2, -0.15) is 0 Å². The molecule has 0 radical (unpaired) electrons. The highest BCUT2D eigenvalue weighted by Gasteiger charge is 2.30.